The normalized spacial score (nSPS) is 17.3. The zero-order valence-corrected chi connectivity index (χ0v) is 15.2. The van der Waals surface area contributed by atoms with Gasteiger partial charge in [0.25, 0.3) is 0 Å². The lowest BCUT2D eigenvalue weighted by Crippen LogP contribution is -2.52. The van der Waals surface area contributed by atoms with Gasteiger partial charge in [-0.1, -0.05) is 48.5 Å². The fourth-order valence-corrected chi connectivity index (χ4v) is 3.85. The molecule has 0 radical (unpaired) electrons. The minimum absolute atomic E-state index is 0.251. The largest absolute Gasteiger partial charge is 0.354 e. The minimum atomic E-state index is -0.251. The molecule has 1 atom stereocenters. The first-order valence-electron chi connectivity index (χ1n) is 8.79. The first-order chi connectivity index (χ1) is 11.6. The molecule has 0 bridgehead atoms. The number of thiocarbonyl (C=S) groups is 1. The molecule has 0 saturated carbocycles. The molecule has 1 aliphatic rings. The summed E-state index contributed by atoms with van der Waals surface area (Å²) in [5.74, 6) is 0. The smallest absolute Gasteiger partial charge is 0.169 e. The molecule has 1 fully saturated rings. The van der Waals surface area contributed by atoms with Crippen LogP contribution in [-0.2, 0) is 6.42 Å². The monoisotopic (exact) mass is 338 g/mol. The lowest BCUT2D eigenvalue weighted by Gasteiger charge is -2.36. The summed E-state index contributed by atoms with van der Waals surface area (Å²) in [7, 11) is 0. The molecule has 126 valence electrons. The predicted octanol–water partition coefficient (Wildman–Crippen LogP) is 4.69. The van der Waals surface area contributed by atoms with E-state index in [0.29, 0.717) is 0 Å². The van der Waals surface area contributed by atoms with Crippen molar-refractivity contribution in [3.8, 4) is 0 Å². The second kappa shape index (κ2) is 7.35. The van der Waals surface area contributed by atoms with E-state index in [4.69, 9.17) is 12.2 Å². The van der Waals surface area contributed by atoms with Gasteiger partial charge in [-0.3, -0.25) is 0 Å². The number of piperidine rings is 1. The van der Waals surface area contributed by atoms with Gasteiger partial charge in [0.05, 0.1) is 5.54 Å². The van der Waals surface area contributed by atoms with E-state index < -0.39 is 0 Å². The van der Waals surface area contributed by atoms with E-state index >= 15 is 0 Å². The molecule has 1 N–H and O–H groups in total. The van der Waals surface area contributed by atoms with Crippen LogP contribution in [0.4, 0.5) is 0 Å². The highest BCUT2D eigenvalue weighted by Gasteiger charge is 2.25. The fraction of sp³-hybridized carbons (Fsp3) is 0.381. The zero-order chi connectivity index (χ0) is 17.0. The molecule has 1 saturated heterocycles. The number of rotatable bonds is 4. The lowest BCUT2D eigenvalue weighted by atomic mass is 9.90. The summed E-state index contributed by atoms with van der Waals surface area (Å²) in [5.41, 5.74) is 1.07. The summed E-state index contributed by atoms with van der Waals surface area (Å²) in [5, 5.41) is 7.01. The van der Waals surface area contributed by atoms with Crippen molar-refractivity contribution in [2.24, 2.45) is 0 Å². The Morgan fingerprint density at radius 1 is 1.17 bits per heavy atom. The average Bonchev–Trinajstić information content (AvgIpc) is 2.63. The number of likely N-dealkylation sites (tertiary alicyclic amines) is 1. The van der Waals surface area contributed by atoms with Gasteiger partial charge in [0.2, 0.25) is 0 Å². The van der Waals surface area contributed by atoms with E-state index in [0.717, 1.165) is 24.6 Å². The summed E-state index contributed by atoms with van der Waals surface area (Å²) in [6.45, 7) is 8.37. The predicted molar refractivity (Wildman–Crippen MR) is 107 cm³/mol. The number of nitrogens with zero attached hydrogens (tertiary/aromatic N) is 1. The number of benzene rings is 2. The van der Waals surface area contributed by atoms with Crippen molar-refractivity contribution in [1.82, 2.24) is 10.2 Å². The highest BCUT2D eigenvalue weighted by Crippen LogP contribution is 2.24. The molecule has 3 rings (SSSR count). The maximum atomic E-state index is 5.67. The van der Waals surface area contributed by atoms with Crippen LogP contribution < -0.4 is 5.32 Å². The van der Waals surface area contributed by atoms with E-state index in [1.54, 1.807) is 0 Å². The van der Waals surface area contributed by atoms with Gasteiger partial charge in [-0.15, -0.1) is 6.58 Å². The van der Waals surface area contributed by atoms with E-state index in [1.165, 1.54) is 35.6 Å². The van der Waals surface area contributed by atoms with Gasteiger partial charge in [0.1, 0.15) is 0 Å². The van der Waals surface area contributed by atoms with Gasteiger partial charge in [-0.25, -0.2) is 0 Å². The summed E-state index contributed by atoms with van der Waals surface area (Å²) in [4.78, 5) is 2.30. The molecule has 0 spiro atoms. The second-order valence-corrected chi connectivity index (χ2v) is 7.30. The van der Waals surface area contributed by atoms with Crippen molar-refractivity contribution in [1.29, 1.82) is 0 Å². The first-order valence-corrected chi connectivity index (χ1v) is 9.19. The average molecular weight is 339 g/mol. The topological polar surface area (TPSA) is 15.3 Å². The third kappa shape index (κ3) is 3.78. The molecule has 0 aromatic heterocycles. The van der Waals surface area contributed by atoms with Gasteiger partial charge < -0.3 is 10.2 Å². The number of nitrogens with one attached hydrogen (secondary N) is 1. The van der Waals surface area contributed by atoms with Crippen molar-refractivity contribution in [3.05, 3.63) is 60.7 Å². The third-order valence-corrected chi connectivity index (χ3v) is 5.28. The molecule has 0 aliphatic carbocycles. The summed E-state index contributed by atoms with van der Waals surface area (Å²) in [6, 6.07) is 15.0. The van der Waals surface area contributed by atoms with Crippen LogP contribution in [0, 0.1) is 0 Å². The van der Waals surface area contributed by atoms with Crippen molar-refractivity contribution < 1.29 is 0 Å². The summed E-state index contributed by atoms with van der Waals surface area (Å²) in [6.07, 6.45) is 6.64. The molecule has 1 aliphatic heterocycles. The van der Waals surface area contributed by atoms with Crippen LogP contribution >= 0.6 is 12.2 Å². The van der Waals surface area contributed by atoms with E-state index in [9.17, 15) is 0 Å². The number of fused-ring (bicyclic) bond motifs is 1. The van der Waals surface area contributed by atoms with Crippen LogP contribution in [-0.4, -0.2) is 28.6 Å². The Bertz CT molecular complexity index is 728. The number of hydrogen-bond acceptors (Lipinski definition) is 1. The van der Waals surface area contributed by atoms with Gasteiger partial charge in [0.15, 0.2) is 5.11 Å². The Hall–Kier alpha value is -1.87. The van der Waals surface area contributed by atoms with Crippen LogP contribution in [0.25, 0.3) is 10.8 Å². The Morgan fingerprint density at radius 2 is 1.88 bits per heavy atom. The minimum Gasteiger partial charge on any atom is -0.354 e. The third-order valence-electron chi connectivity index (χ3n) is 4.92. The SMILES string of the molecule is C=C[C@](C)(Cc1cccc2ccccc12)NC(=S)N1CCCCC1. The highest BCUT2D eigenvalue weighted by molar-refractivity contribution is 7.80. The molecule has 2 aromatic rings. The first kappa shape index (κ1) is 17.0. The summed E-state index contributed by atoms with van der Waals surface area (Å²) < 4.78 is 0. The maximum absolute atomic E-state index is 5.67. The van der Waals surface area contributed by atoms with Crippen LogP contribution in [0.3, 0.4) is 0 Å². The summed E-state index contributed by atoms with van der Waals surface area (Å²) >= 11 is 5.67. The number of hydrogen-bond donors (Lipinski definition) is 1. The molecule has 2 aromatic carbocycles. The molecule has 0 amide bonds. The van der Waals surface area contributed by atoms with Crippen LogP contribution in [0.5, 0.6) is 0 Å². The molecule has 0 unspecified atom stereocenters. The van der Waals surface area contributed by atoms with Crippen LogP contribution in [0.2, 0.25) is 0 Å². The standard InChI is InChI=1S/C21H26N2S/c1-3-21(2,22-20(24)23-14-7-4-8-15-23)16-18-12-9-11-17-10-5-6-13-19(17)18/h3,5-6,9-13H,1,4,7-8,14-16H2,2H3,(H,22,24)/t21-/m1/s1. The molecule has 24 heavy (non-hydrogen) atoms. The van der Waals surface area contributed by atoms with Crippen molar-refractivity contribution in [3.63, 3.8) is 0 Å². The maximum Gasteiger partial charge on any atom is 0.169 e. The highest BCUT2D eigenvalue weighted by atomic mass is 32.1. The van der Waals surface area contributed by atoms with Gasteiger partial charge in [-0.2, -0.15) is 0 Å². The quantitative estimate of drug-likeness (QED) is 0.643. The van der Waals surface area contributed by atoms with Gasteiger partial charge in [-0.05, 0) is 61.2 Å². The van der Waals surface area contributed by atoms with Gasteiger partial charge in [0, 0.05) is 13.1 Å². The fourth-order valence-electron chi connectivity index (χ4n) is 3.43. The van der Waals surface area contributed by atoms with E-state index in [1.807, 2.05) is 6.08 Å². The zero-order valence-electron chi connectivity index (χ0n) is 14.4. The Labute approximate surface area is 150 Å². The Kier molecular flexibility index (Phi) is 5.20. The second-order valence-electron chi connectivity index (χ2n) is 6.91. The molecular formula is C21H26N2S. The Morgan fingerprint density at radius 3 is 2.62 bits per heavy atom. The van der Waals surface area contributed by atoms with Crippen LogP contribution in [0.15, 0.2) is 55.1 Å². The molecule has 1 heterocycles. The van der Waals surface area contributed by atoms with Crippen molar-refractivity contribution in [2.45, 2.75) is 38.1 Å². The van der Waals surface area contributed by atoms with Crippen molar-refractivity contribution in [2.75, 3.05) is 13.1 Å². The van der Waals surface area contributed by atoms with E-state index in [2.05, 4.69) is 66.2 Å². The molecular weight excluding hydrogens is 312 g/mol. The molecule has 2 nitrogen and oxygen atoms in total. The van der Waals surface area contributed by atoms with E-state index in [-0.39, 0.29) is 5.54 Å². The van der Waals surface area contributed by atoms with Gasteiger partial charge >= 0.3 is 0 Å². The molecule has 3 heteroatoms. The lowest BCUT2D eigenvalue weighted by molar-refractivity contribution is 0.328. The Balaban J connectivity index is 1.79. The van der Waals surface area contributed by atoms with Crippen LogP contribution in [0.1, 0.15) is 31.7 Å². The van der Waals surface area contributed by atoms with Crippen molar-refractivity contribution >= 4 is 28.1 Å².